The van der Waals surface area contributed by atoms with E-state index in [-0.39, 0.29) is 5.82 Å². The summed E-state index contributed by atoms with van der Waals surface area (Å²) in [6.07, 6.45) is -8.28. The van der Waals surface area contributed by atoms with Crippen LogP contribution >= 0.6 is 23.5 Å². The SMILES string of the molecule is Nc1ccn([C@H]2C[C@H](O)[C@H](O)[C@H](O)[C@@H](COP(=O)([O-])OP(=O)([O-])OP(=O)([O-])[O-])O2)c(=O)n1. The molecule has 1 aliphatic rings. The maximum Gasteiger partial charge on any atom is 0.351 e. The van der Waals surface area contributed by atoms with Crippen LogP contribution in [0.1, 0.15) is 12.6 Å². The number of hydrogen-bond donors (Lipinski definition) is 4. The molecule has 2 unspecified atom stereocenters. The number of ether oxygens (including phenoxy) is 1. The van der Waals surface area contributed by atoms with Crippen molar-refractivity contribution in [3.05, 3.63) is 22.7 Å². The molecule has 0 bridgehead atoms. The third-order valence-corrected chi connectivity index (χ3v) is 7.52. The van der Waals surface area contributed by atoms with Gasteiger partial charge in [-0.2, -0.15) is 4.98 Å². The lowest BCUT2D eigenvalue weighted by atomic mass is 10.0. The number of aromatic nitrogens is 2. The van der Waals surface area contributed by atoms with Gasteiger partial charge in [-0.05, 0) is 6.07 Å². The van der Waals surface area contributed by atoms with E-state index in [0.29, 0.717) is 0 Å². The van der Waals surface area contributed by atoms with E-state index in [4.69, 9.17) is 10.5 Å². The van der Waals surface area contributed by atoms with E-state index in [1.807, 2.05) is 0 Å². The first-order valence-corrected chi connectivity index (χ1v) is 12.6. The topological polar surface area (TPSA) is 302 Å². The van der Waals surface area contributed by atoms with Gasteiger partial charge in [-0.25, -0.2) is 9.11 Å². The molecular formula is C11H16N3O15P3-4. The minimum absolute atomic E-state index is 0.158. The predicted molar refractivity (Wildman–Crippen MR) is 90.4 cm³/mol. The molecule has 32 heavy (non-hydrogen) atoms. The minimum atomic E-state index is -6.22. The molecule has 1 fully saturated rings. The molecule has 21 heteroatoms. The predicted octanol–water partition coefficient (Wildman–Crippen LogP) is -4.99. The Morgan fingerprint density at radius 2 is 1.75 bits per heavy atom. The van der Waals surface area contributed by atoms with E-state index in [1.54, 1.807) is 0 Å². The summed E-state index contributed by atoms with van der Waals surface area (Å²) < 4.78 is 49.9. The standard InChI is InChI=1S/C11H20N3O15P3/c12-7-1-2-14(11(18)13-7)8-3-5(15)9(16)10(17)6(27-8)4-26-31(22,23)29-32(24,25)28-30(19,20)21/h1-2,5-6,8-10,15-17H,3-4H2,(H,22,23)(H,24,25)(H2,12,13,18)(H2,19,20,21)/p-4/t5-,6+,8+,9-,10+/m0/s1. The zero-order valence-corrected chi connectivity index (χ0v) is 18.2. The molecule has 1 aromatic heterocycles. The summed E-state index contributed by atoms with van der Waals surface area (Å²) in [4.78, 5) is 58.9. The number of phosphoric acid groups is 3. The fourth-order valence-electron chi connectivity index (χ4n) is 2.54. The van der Waals surface area contributed by atoms with Crippen LogP contribution in [0.15, 0.2) is 17.1 Å². The number of hydrogen-bond acceptors (Lipinski definition) is 17. The Hall–Kier alpha value is -1.07. The van der Waals surface area contributed by atoms with Crippen molar-refractivity contribution in [2.75, 3.05) is 12.3 Å². The van der Waals surface area contributed by atoms with Crippen molar-refractivity contribution in [2.45, 2.75) is 37.1 Å². The summed E-state index contributed by atoms with van der Waals surface area (Å²) in [6, 6.07) is 1.18. The quantitative estimate of drug-likeness (QED) is 0.232. The van der Waals surface area contributed by atoms with Crippen molar-refractivity contribution in [1.82, 2.24) is 9.55 Å². The highest BCUT2D eigenvalue weighted by Crippen LogP contribution is 2.60. The van der Waals surface area contributed by atoms with E-state index < -0.39 is 72.8 Å². The van der Waals surface area contributed by atoms with E-state index in [1.165, 1.54) is 6.07 Å². The summed E-state index contributed by atoms with van der Waals surface area (Å²) in [5.74, 6) is -0.158. The van der Waals surface area contributed by atoms with Crippen molar-refractivity contribution < 1.29 is 66.5 Å². The molecule has 0 spiro atoms. The number of nitrogens with zero attached hydrogens (tertiary/aromatic N) is 2. The Balaban J connectivity index is 2.19. The molecule has 7 atom stereocenters. The van der Waals surface area contributed by atoms with Crippen molar-refractivity contribution in [2.24, 2.45) is 0 Å². The van der Waals surface area contributed by atoms with Crippen molar-refractivity contribution in [3.63, 3.8) is 0 Å². The van der Waals surface area contributed by atoms with Gasteiger partial charge in [-0.3, -0.25) is 18.0 Å². The van der Waals surface area contributed by atoms with Gasteiger partial charge in [0, 0.05) is 12.6 Å². The van der Waals surface area contributed by atoms with Crippen molar-refractivity contribution in [1.29, 1.82) is 0 Å². The molecule has 1 aromatic rings. The van der Waals surface area contributed by atoms with Gasteiger partial charge in [0.15, 0.2) is 0 Å². The molecule has 0 aliphatic carbocycles. The lowest BCUT2D eigenvalue weighted by Crippen LogP contribution is -2.44. The lowest BCUT2D eigenvalue weighted by molar-refractivity contribution is -0.339. The first kappa shape index (κ1) is 27.2. The molecule has 0 aromatic carbocycles. The summed E-state index contributed by atoms with van der Waals surface area (Å²) in [5, 5.41) is 30.1. The molecule has 184 valence electrons. The average molecular weight is 523 g/mol. The van der Waals surface area contributed by atoms with Gasteiger partial charge in [0.1, 0.15) is 30.4 Å². The summed E-state index contributed by atoms with van der Waals surface area (Å²) >= 11 is 0. The number of aliphatic hydroxyl groups excluding tert-OH is 3. The Morgan fingerprint density at radius 3 is 2.31 bits per heavy atom. The maximum absolute atomic E-state index is 12.0. The first-order chi connectivity index (χ1) is 14.5. The van der Waals surface area contributed by atoms with E-state index in [2.05, 4.69) is 18.1 Å². The fraction of sp³-hybridized carbons (Fsp3) is 0.636. The number of rotatable bonds is 8. The maximum atomic E-state index is 12.0. The van der Waals surface area contributed by atoms with Crippen LogP contribution in [0.2, 0.25) is 0 Å². The van der Waals surface area contributed by atoms with Gasteiger partial charge >= 0.3 is 5.69 Å². The van der Waals surface area contributed by atoms with Gasteiger partial charge in [-0.15, -0.1) is 0 Å². The van der Waals surface area contributed by atoms with Crippen LogP contribution < -0.4 is 31.0 Å². The average Bonchev–Trinajstić information content (AvgIpc) is 2.69. The van der Waals surface area contributed by atoms with Gasteiger partial charge in [-0.1, -0.05) is 0 Å². The Kier molecular flexibility index (Phi) is 8.53. The summed E-state index contributed by atoms with van der Waals surface area (Å²) in [6.45, 7) is -1.26. The van der Waals surface area contributed by atoms with Crippen LogP contribution in [0.5, 0.6) is 0 Å². The molecule has 2 rings (SSSR count). The highest BCUT2D eigenvalue weighted by atomic mass is 31.3. The lowest BCUT2D eigenvalue weighted by Gasteiger charge is -2.38. The van der Waals surface area contributed by atoms with Gasteiger partial charge in [0.2, 0.25) is 0 Å². The number of aliphatic hydroxyl groups is 3. The van der Waals surface area contributed by atoms with E-state index >= 15 is 0 Å². The third-order valence-electron chi connectivity index (χ3n) is 3.86. The van der Waals surface area contributed by atoms with Gasteiger partial charge < -0.3 is 54.5 Å². The zero-order valence-electron chi connectivity index (χ0n) is 15.5. The summed E-state index contributed by atoms with van der Waals surface area (Å²) in [7, 11) is -18.3. The second-order valence-corrected chi connectivity index (χ2v) is 10.5. The van der Waals surface area contributed by atoms with Crippen molar-refractivity contribution in [3.8, 4) is 0 Å². The smallest absolute Gasteiger partial charge is 0.351 e. The molecule has 2 heterocycles. The normalized spacial score (nSPS) is 30.8. The molecule has 0 amide bonds. The second-order valence-electron chi connectivity index (χ2n) is 6.26. The first-order valence-electron chi connectivity index (χ1n) is 8.25. The number of phosphoric ester groups is 1. The largest absolute Gasteiger partial charge is 0.790 e. The molecular weight excluding hydrogens is 507 g/mol. The molecule has 0 radical (unpaired) electrons. The van der Waals surface area contributed by atoms with E-state index in [9.17, 15) is 53.4 Å². The Labute approximate surface area is 178 Å². The van der Waals surface area contributed by atoms with Crippen LogP contribution in [0.25, 0.3) is 0 Å². The highest BCUT2D eigenvalue weighted by molar-refractivity contribution is 7.64. The monoisotopic (exact) mass is 523 g/mol. The third kappa shape index (κ3) is 7.76. The molecule has 0 saturated carbocycles. The Bertz CT molecular complexity index is 1010. The van der Waals surface area contributed by atoms with Crippen LogP contribution in [0, 0.1) is 0 Å². The minimum Gasteiger partial charge on any atom is -0.790 e. The van der Waals surface area contributed by atoms with Gasteiger partial charge in [0.25, 0.3) is 15.6 Å². The van der Waals surface area contributed by atoms with Crippen LogP contribution in [0.4, 0.5) is 5.82 Å². The van der Waals surface area contributed by atoms with Gasteiger partial charge in [0.05, 0.1) is 20.5 Å². The fourth-order valence-corrected chi connectivity index (χ4v) is 5.41. The highest BCUT2D eigenvalue weighted by Gasteiger charge is 2.40. The second kappa shape index (κ2) is 10.0. The van der Waals surface area contributed by atoms with Crippen molar-refractivity contribution >= 4 is 29.3 Å². The number of nitrogens with two attached hydrogens (primary N) is 1. The van der Waals surface area contributed by atoms with Crippen LogP contribution in [0.3, 0.4) is 0 Å². The molecule has 1 saturated heterocycles. The molecule has 18 nitrogen and oxygen atoms in total. The number of nitrogen functional groups attached to an aromatic ring is 1. The Morgan fingerprint density at radius 1 is 1.12 bits per heavy atom. The summed E-state index contributed by atoms with van der Waals surface area (Å²) in [5.41, 5.74) is 4.40. The zero-order chi connectivity index (χ0) is 24.5. The van der Waals surface area contributed by atoms with E-state index in [0.717, 1.165) is 10.8 Å². The van der Waals surface area contributed by atoms with Crippen LogP contribution in [-0.4, -0.2) is 55.9 Å². The molecule has 1 aliphatic heterocycles. The molecule has 5 N–H and O–H groups in total. The number of anilines is 1. The van der Waals surface area contributed by atoms with Crippen LogP contribution in [-0.2, 0) is 31.6 Å².